The van der Waals surface area contributed by atoms with Crippen molar-refractivity contribution in [1.82, 2.24) is 4.98 Å². The maximum Gasteiger partial charge on any atom is 0.298 e. The molecule has 5 heteroatoms. The second-order valence-electron chi connectivity index (χ2n) is 4.77. The molecule has 0 bridgehead atoms. The van der Waals surface area contributed by atoms with Crippen LogP contribution in [-0.4, -0.2) is 24.6 Å². The Morgan fingerprint density at radius 2 is 2.17 bits per heavy atom. The minimum absolute atomic E-state index is 0.653. The van der Waals surface area contributed by atoms with Crippen molar-refractivity contribution in [3.05, 3.63) is 22.7 Å². The number of nitrogens with zero attached hydrogens (tertiary/aromatic N) is 2. The Morgan fingerprint density at radius 3 is 2.89 bits per heavy atom. The lowest BCUT2D eigenvalue weighted by molar-refractivity contribution is 0.398. The Balaban J connectivity index is 1.82. The molecule has 0 spiro atoms. The van der Waals surface area contributed by atoms with Gasteiger partial charge in [-0.05, 0) is 43.5 Å². The first-order valence-corrected chi connectivity index (χ1v) is 7.06. The molecule has 0 aliphatic carbocycles. The molecule has 4 nitrogen and oxygen atoms in total. The second kappa shape index (κ2) is 4.90. The van der Waals surface area contributed by atoms with Gasteiger partial charge >= 0.3 is 0 Å². The molecule has 0 radical (unpaired) electrons. The van der Waals surface area contributed by atoms with Gasteiger partial charge in [0.05, 0.1) is 0 Å². The van der Waals surface area contributed by atoms with Crippen molar-refractivity contribution in [2.24, 2.45) is 11.7 Å². The van der Waals surface area contributed by atoms with Crippen LogP contribution in [0, 0.1) is 5.92 Å². The highest BCUT2D eigenvalue weighted by Crippen LogP contribution is 2.27. The summed E-state index contributed by atoms with van der Waals surface area (Å²) in [5.74, 6) is 0.653. The first kappa shape index (κ1) is 12.0. The van der Waals surface area contributed by atoms with Crippen LogP contribution in [0.2, 0.25) is 0 Å². The molecule has 96 valence electrons. The van der Waals surface area contributed by atoms with Crippen LogP contribution in [0.5, 0.6) is 0 Å². The minimum atomic E-state index is 0.653. The molecule has 18 heavy (non-hydrogen) atoms. The van der Waals surface area contributed by atoms with E-state index in [1.54, 1.807) is 0 Å². The predicted molar refractivity (Wildman–Crippen MR) is 75.7 cm³/mol. The summed E-state index contributed by atoms with van der Waals surface area (Å²) in [6.07, 6.45) is 2.25. The molecule has 2 aromatic rings. The zero-order chi connectivity index (χ0) is 12.5. The Kier molecular flexibility index (Phi) is 3.26. The third kappa shape index (κ3) is 2.24. The lowest BCUT2D eigenvalue weighted by Gasteiger charge is -2.29. The Labute approximate surface area is 114 Å². The molecule has 2 heterocycles. The summed E-state index contributed by atoms with van der Waals surface area (Å²) >= 11 is 3.45. The number of hydrogen-bond donors (Lipinski definition) is 1. The average Bonchev–Trinajstić information content (AvgIpc) is 2.81. The lowest BCUT2D eigenvalue weighted by Crippen LogP contribution is -2.36. The fourth-order valence-electron chi connectivity index (χ4n) is 2.38. The van der Waals surface area contributed by atoms with Gasteiger partial charge in [-0.1, -0.05) is 15.9 Å². The van der Waals surface area contributed by atoms with Gasteiger partial charge in [-0.25, -0.2) is 0 Å². The van der Waals surface area contributed by atoms with Gasteiger partial charge in [0.2, 0.25) is 0 Å². The number of rotatable bonds is 2. The Morgan fingerprint density at radius 1 is 1.39 bits per heavy atom. The van der Waals surface area contributed by atoms with Crippen molar-refractivity contribution < 1.29 is 4.42 Å². The number of nitrogens with two attached hydrogens (primary N) is 1. The number of benzene rings is 1. The smallest absolute Gasteiger partial charge is 0.298 e. The molecule has 1 aromatic carbocycles. The fourth-order valence-corrected chi connectivity index (χ4v) is 2.73. The topological polar surface area (TPSA) is 55.3 Å². The summed E-state index contributed by atoms with van der Waals surface area (Å²) < 4.78 is 6.82. The third-order valence-electron chi connectivity index (χ3n) is 3.56. The third-order valence-corrected chi connectivity index (χ3v) is 4.05. The van der Waals surface area contributed by atoms with E-state index in [2.05, 4.69) is 25.8 Å². The molecule has 1 fully saturated rings. The fraction of sp³-hybridized carbons (Fsp3) is 0.462. The Bertz CT molecular complexity index is 546. The maximum atomic E-state index is 5.79. The molecule has 1 aliphatic heterocycles. The summed E-state index contributed by atoms with van der Waals surface area (Å²) in [6.45, 7) is 2.75. The number of oxazole rings is 1. The number of halogens is 1. The molecule has 0 unspecified atom stereocenters. The highest BCUT2D eigenvalue weighted by Gasteiger charge is 2.21. The SMILES string of the molecule is NCC1CCN(c2nc3cc(Br)ccc3o2)CC1. The molecule has 3 rings (SSSR count). The summed E-state index contributed by atoms with van der Waals surface area (Å²) in [4.78, 5) is 6.75. The van der Waals surface area contributed by atoms with E-state index in [0.29, 0.717) is 5.92 Å². The van der Waals surface area contributed by atoms with E-state index in [4.69, 9.17) is 10.2 Å². The molecule has 0 saturated carbocycles. The van der Waals surface area contributed by atoms with Gasteiger partial charge in [0.25, 0.3) is 6.01 Å². The molecule has 0 amide bonds. The zero-order valence-electron chi connectivity index (χ0n) is 10.1. The van der Waals surface area contributed by atoms with E-state index in [0.717, 1.165) is 54.1 Å². The summed E-state index contributed by atoms with van der Waals surface area (Å²) in [5, 5.41) is 0. The monoisotopic (exact) mass is 309 g/mol. The second-order valence-corrected chi connectivity index (χ2v) is 5.69. The summed E-state index contributed by atoms with van der Waals surface area (Å²) in [7, 11) is 0. The van der Waals surface area contributed by atoms with Crippen LogP contribution in [0.1, 0.15) is 12.8 Å². The summed E-state index contributed by atoms with van der Waals surface area (Å²) in [5.41, 5.74) is 7.45. The molecule has 1 aliphatic rings. The highest BCUT2D eigenvalue weighted by atomic mass is 79.9. The number of hydrogen-bond acceptors (Lipinski definition) is 4. The minimum Gasteiger partial charge on any atom is -0.423 e. The van der Waals surface area contributed by atoms with Crippen LogP contribution in [0.25, 0.3) is 11.1 Å². The van der Waals surface area contributed by atoms with Crippen LogP contribution in [0.3, 0.4) is 0 Å². The first-order chi connectivity index (χ1) is 8.76. The maximum absolute atomic E-state index is 5.79. The van der Waals surface area contributed by atoms with E-state index >= 15 is 0 Å². The number of fused-ring (bicyclic) bond motifs is 1. The van der Waals surface area contributed by atoms with Crippen LogP contribution in [0.15, 0.2) is 27.1 Å². The van der Waals surface area contributed by atoms with E-state index in [1.165, 1.54) is 0 Å². The number of piperidine rings is 1. The van der Waals surface area contributed by atoms with Crippen molar-refractivity contribution in [3.8, 4) is 0 Å². The van der Waals surface area contributed by atoms with Crippen molar-refractivity contribution in [2.45, 2.75) is 12.8 Å². The number of aromatic nitrogens is 1. The Hall–Kier alpha value is -1.07. The zero-order valence-corrected chi connectivity index (χ0v) is 11.7. The van der Waals surface area contributed by atoms with Gasteiger partial charge < -0.3 is 15.1 Å². The standard InChI is InChI=1S/C13H16BrN3O/c14-10-1-2-12-11(7-10)16-13(18-12)17-5-3-9(8-15)4-6-17/h1-2,7,9H,3-6,8,15H2. The predicted octanol–water partition coefficient (Wildman–Crippen LogP) is 2.77. The summed E-state index contributed by atoms with van der Waals surface area (Å²) in [6, 6.07) is 6.63. The van der Waals surface area contributed by atoms with Crippen LogP contribution in [-0.2, 0) is 0 Å². The quantitative estimate of drug-likeness (QED) is 0.927. The van der Waals surface area contributed by atoms with Crippen molar-refractivity contribution in [2.75, 3.05) is 24.5 Å². The molecular weight excluding hydrogens is 294 g/mol. The van der Waals surface area contributed by atoms with Crippen molar-refractivity contribution in [1.29, 1.82) is 0 Å². The molecular formula is C13H16BrN3O. The van der Waals surface area contributed by atoms with E-state index in [-0.39, 0.29) is 0 Å². The average molecular weight is 310 g/mol. The van der Waals surface area contributed by atoms with E-state index < -0.39 is 0 Å². The lowest BCUT2D eigenvalue weighted by atomic mass is 9.97. The highest BCUT2D eigenvalue weighted by molar-refractivity contribution is 9.10. The van der Waals surface area contributed by atoms with Gasteiger partial charge in [-0.15, -0.1) is 0 Å². The van der Waals surface area contributed by atoms with Crippen LogP contribution in [0.4, 0.5) is 6.01 Å². The number of anilines is 1. The largest absolute Gasteiger partial charge is 0.423 e. The molecule has 2 N–H and O–H groups in total. The van der Waals surface area contributed by atoms with E-state index in [9.17, 15) is 0 Å². The molecule has 1 aromatic heterocycles. The van der Waals surface area contributed by atoms with Crippen molar-refractivity contribution >= 4 is 33.0 Å². The molecule has 1 saturated heterocycles. The van der Waals surface area contributed by atoms with Gasteiger partial charge in [-0.2, -0.15) is 4.98 Å². The first-order valence-electron chi connectivity index (χ1n) is 6.27. The van der Waals surface area contributed by atoms with Gasteiger partial charge in [0, 0.05) is 17.6 Å². The van der Waals surface area contributed by atoms with Gasteiger partial charge in [0.15, 0.2) is 5.58 Å². The van der Waals surface area contributed by atoms with Gasteiger partial charge in [0.1, 0.15) is 5.52 Å². The van der Waals surface area contributed by atoms with E-state index in [1.807, 2.05) is 18.2 Å². The van der Waals surface area contributed by atoms with Gasteiger partial charge in [-0.3, -0.25) is 0 Å². The van der Waals surface area contributed by atoms with Crippen LogP contribution < -0.4 is 10.6 Å². The normalized spacial score (nSPS) is 17.6. The van der Waals surface area contributed by atoms with Crippen molar-refractivity contribution in [3.63, 3.8) is 0 Å². The van der Waals surface area contributed by atoms with Crippen LogP contribution >= 0.6 is 15.9 Å². The molecule has 0 atom stereocenters.